The topological polar surface area (TPSA) is 12.0 Å². The molecule has 1 nitrogen and oxygen atoms in total. The third-order valence-electron chi connectivity index (χ3n) is 3.65. The van der Waals surface area contributed by atoms with Crippen molar-refractivity contribution in [1.29, 1.82) is 0 Å². The number of benzene rings is 1. The Labute approximate surface area is 120 Å². The molecule has 0 radical (unpaired) electrons. The van der Waals surface area contributed by atoms with Gasteiger partial charge in [0.1, 0.15) is 5.82 Å². The molecule has 0 aromatic heterocycles. The third kappa shape index (κ3) is 4.08. The largest absolute Gasteiger partial charge is 0.300 e. The first-order valence-electron chi connectivity index (χ1n) is 6.98. The van der Waals surface area contributed by atoms with E-state index in [-0.39, 0.29) is 11.9 Å². The fourth-order valence-corrected chi connectivity index (χ4v) is 2.35. The van der Waals surface area contributed by atoms with Gasteiger partial charge in [-0.3, -0.25) is 5.32 Å². The minimum Gasteiger partial charge on any atom is -0.300 e. The molecule has 1 N–H and O–H groups in total. The van der Waals surface area contributed by atoms with Crippen molar-refractivity contribution in [2.24, 2.45) is 5.92 Å². The summed E-state index contributed by atoms with van der Waals surface area (Å²) in [5.41, 5.74) is 2.29. The lowest BCUT2D eigenvalue weighted by atomic mass is 9.93. The van der Waals surface area contributed by atoms with E-state index in [1.807, 2.05) is 6.07 Å². The molecule has 0 saturated heterocycles. The van der Waals surface area contributed by atoms with Gasteiger partial charge in [-0.25, -0.2) is 4.39 Å². The first-order chi connectivity index (χ1) is 9.69. The number of hydrogen-bond acceptors (Lipinski definition) is 1. The van der Waals surface area contributed by atoms with Gasteiger partial charge in [0.25, 0.3) is 0 Å². The normalized spacial score (nSPS) is 19.2. The fourth-order valence-electron chi connectivity index (χ4n) is 2.35. The number of rotatable bonds is 5. The Morgan fingerprint density at radius 1 is 1.50 bits per heavy atom. The molecule has 2 heteroatoms. The molecule has 0 heterocycles. The summed E-state index contributed by atoms with van der Waals surface area (Å²) in [6.07, 6.45) is 13.7. The number of terminal acetylenes is 1. The van der Waals surface area contributed by atoms with Crippen LogP contribution in [0, 0.1) is 24.1 Å². The summed E-state index contributed by atoms with van der Waals surface area (Å²) in [6, 6.07) is 6.53. The highest BCUT2D eigenvalue weighted by Gasteiger charge is 2.12. The van der Waals surface area contributed by atoms with E-state index in [1.165, 1.54) is 17.7 Å². The molecule has 1 aliphatic rings. The molecule has 0 bridgehead atoms. The Morgan fingerprint density at radius 2 is 2.35 bits per heavy atom. The second-order valence-electron chi connectivity index (χ2n) is 5.24. The van der Waals surface area contributed by atoms with E-state index >= 15 is 0 Å². The van der Waals surface area contributed by atoms with Crippen LogP contribution in [0.4, 0.5) is 4.39 Å². The summed E-state index contributed by atoms with van der Waals surface area (Å²) >= 11 is 0. The third-order valence-corrected chi connectivity index (χ3v) is 3.65. The molecule has 1 aromatic rings. The highest BCUT2D eigenvalue weighted by atomic mass is 19.1. The molecular formula is C18H20FN. The van der Waals surface area contributed by atoms with Gasteiger partial charge < -0.3 is 0 Å². The van der Waals surface area contributed by atoms with Crippen molar-refractivity contribution in [3.8, 4) is 12.3 Å². The summed E-state index contributed by atoms with van der Waals surface area (Å²) < 4.78 is 13.2. The van der Waals surface area contributed by atoms with Crippen molar-refractivity contribution in [3.05, 3.63) is 59.4 Å². The van der Waals surface area contributed by atoms with E-state index in [2.05, 4.69) is 36.4 Å². The van der Waals surface area contributed by atoms with Crippen molar-refractivity contribution in [2.45, 2.75) is 25.8 Å². The van der Waals surface area contributed by atoms with Gasteiger partial charge in [-0.05, 0) is 36.5 Å². The molecule has 0 spiro atoms. The van der Waals surface area contributed by atoms with Crippen LogP contribution in [-0.2, 0) is 6.42 Å². The Hall–Kier alpha value is -1.85. The first kappa shape index (κ1) is 14.6. The van der Waals surface area contributed by atoms with E-state index in [0.29, 0.717) is 12.3 Å². The van der Waals surface area contributed by atoms with Gasteiger partial charge in [0.05, 0.1) is 6.04 Å². The van der Waals surface area contributed by atoms with Crippen molar-refractivity contribution in [2.75, 3.05) is 6.54 Å². The number of halogens is 1. The first-order valence-corrected chi connectivity index (χ1v) is 6.98. The Morgan fingerprint density at radius 3 is 3.05 bits per heavy atom. The van der Waals surface area contributed by atoms with E-state index in [4.69, 9.17) is 6.42 Å². The number of hydrogen-bond donors (Lipinski definition) is 1. The lowest BCUT2D eigenvalue weighted by Crippen LogP contribution is -2.32. The quantitative estimate of drug-likeness (QED) is 0.807. The molecule has 2 rings (SSSR count). The second-order valence-corrected chi connectivity index (χ2v) is 5.24. The van der Waals surface area contributed by atoms with Gasteiger partial charge in [-0.15, -0.1) is 6.42 Å². The molecule has 2 unspecified atom stereocenters. The van der Waals surface area contributed by atoms with Gasteiger partial charge in [-0.1, -0.05) is 48.8 Å². The summed E-state index contributed by atoms with van der Waals surface area (Å²) in [4.78, 5) is 0. The fraction of sp³-hybridized carbons (Fsp3) is 0.333. The highest BCUT2D eigenvalue weighted by Crippen LogP contribution is 2.19. The summed E-state index contributed by atoms with van der Waals surface area (Å²) in [7, 11) is 0. The standard InChI is InChI=1S/C18H20FN/c1-3-18(12-15-8-6-10-17(19)11-15)20-13-16-9-5-4-7-14(16)2/h1,4-6,8-11,14,18,20H,7,12-13H2,2H3. The molecule has 104 valence electrons. The predicted molar refractivity (Wildman–Crippen MR) is 81.7 cm³/mol. The average molecular weight is 269 g/mol. The van der Waals surface area contributed by atoms with Gasteiger partial charge in [0.15, 0.2) is 0 Å². The lowest BCUT2D eigenvalue weighted by molar-refractivity contribution is 0.580. The smallest absolute Gasteiger partial charge is 0.123 e. The molecule has 0 aliphatic heterocycles. The molecule has 0 fully saturated rings. The van der Waals surface area contributed by atoms with Crippen LogP contribution < -0.4 is 5.32 Å². The maximum Gasteiger partial charge on any atom is 0.123 e. The van der Waals surface area contributed by atoms with Crippen LogP contribution in [0.5, 0.6) is 0 Å². The van der Waals surface area contributed by atoms with Gasteiger partial charge in [0.2, 0.25) is 0 Å². The van der Waals surface area contributed by atoms with Crippen LogP contribution >= 0.6 is 0 Å². The van der Waals surface area contributed by atoms with Crippen LogP contribution in [0.25, 0.3) is 0 Å². The van der Waals surface area contributed by atoms with E-state index in [0.717, 1.165) is 18.5 Å². The maximum absolute atomic E-state index is 13.2. The van der Waals surface area contributed by atoms with E-state index in [1.54, 1.807) is 6.07 Å². The molecule has 2 atom stereocenters. The Balaban J connectivity index is 1.91. The van der Waals surface area contributed by atoms with Crippen LogP contribution in [0.2, 0.25) is 0 Å². The molecule has 0 saturated carbocycles. The van der Waals surface area contributed by atoms with Gasteiger partial charge in [-0.2, -0.15) is 0 Å². The highest BCUT2D eigenvalue weighted by molar-refractivity contribution is 5.23. The van der Waals surface area contributed by atoms with Crippen LogP contribution in [0.15, 0.2) is 48.1 Å². The van der Waals surface area contributed by atoms with Crippen LogP contribution in [0.1, 0.15) is 18.9 Å². The van der Waals surface area contributed by atoms with E-state index in [9.17, 15) is 4.39 Å². The van der Waals surface area contributed by atoms with Crippen molar-refractivity contribution >= 4 is 0 Å². The average Bonchev–Trinajstić information content (AvgIpc) is 2.45. The van der Waals surface area contributed by atoms with Crippen molar-refractivity contribution in [1.82, 2.24) is 5.32 Å². The second kappa shape index (κ2) is 7.07. The number of nitrogens with one attached hydrogen (secondary N) is 1. The number of allylic oxidation sites excluding steroid dienone is 3. The zero-order valence-corrected chi connectivity index (χ0v) is 11.8. The lowest BCUT2D eigenvalue weighted by Gasteiger charge is -2.20. The van der Waals surface area contributed by atoms with Crippen LogP contribution in [0.3, 0.4) is 0 Å². The predicted octanol–water partition coefficient (Wildman–Crippen LogP) is 3.48. The summed E-state index contributed by atoms with van der Waals surface area (Å²) in [5.74, 6) is 3.09. The molecule has 1 aromatic carbocycles. The maximum atomic E-state index is 13.2. The van der Waals surface area contributed by atoms with Crippen molar-refractivity contribution in [3.63, 3.8) is 0 Å². The Bertz CT molecular complexity index is 551. The van der Waals surface area contributed by atoms with Gasteiger partial charge in [0, 0.05) is 6.54 Å². The zero-order chi connectivity index (χ0) is 14.4. The zero-order valence-electron chi connectivity index (χ0n) is 11.8. The Kier molecular flexibility index (Phi) is 5.15. The monoisotopic (exact) mass is 269 g/mol. The van der Waals surface area contributed by atoms with Crippen LogP contribution in [-0.4, -0.2) is 12.6 Å². The molecule has 20 heavy (non-hydrogen) atoms. The SMILES string of the molecule is C#CC(Cc1cccc(F)c1)NCC1=CC=CCC1C. The van der Waals surface area contributed by atoms with Gasteiger partial charge >= 0.3 is 0 Å². The van der Waals surface area contributed by atoms with Crippen molar-refractivity contribution < 1.29 is 4.39 Å². The summed E-state index contributed by atoms with van der Waals surface area (Å²) in [6.45, 7) is 3.00. The minimum atomic E-state index is -0.216. The summed E-state index contributed by atoms with van der Waals surface area (Å²) in [5, 5.41) is 3.38. The molecule has 0 amide bonds. The minimum absolute atomic E-state index is 0.0733. The molecular weight excluding hydrogens is 249 g/mol. The van der Waals surface area contributed by atoms with E-state index < -0.39 is 0 Å². The molecule has 1 aliphatic carbocycles.